The molecule has 9 heavy (non-hydrogen) atoms. The van der Waals surface area contributed by atoms with Crippen LogP contribution in [0.25, 0.3) is 0 Å². The fourth-order valence-electron chi connectivity index (χ4n) is 0.575. The number of carbonyl (C=O) groups is 2. The number of carbonyl (C=O) groups excluding carboxylic acids is 2. The second-order valence-corrected chi connectivity index (χ2v) is 1.78. The lowest BCUT2D eigenvalue weighted by Gasteiger charge is -1.82. The van der Waals surface area contributed by atoms with E-state index in [4.69, 9.17) is 5.21 Å². The molecule has 1 rings (SSSR count). The minimum absolute atomic E-state index is 0.0926. The van der Waals surface area contributed by atoms with Crippen LogP contribution >= 0.6 is 0 Å². The SMILES string of the molecule is CC1=CC(=O)[N+](O)C1=O. The molecule has 4 heteroatoms. The van der Waals surface area contributed by atoms with Crippen LogP contribution in [0.3, 0.4) is 0 Å². The molecule has 0 atom stereocenters. The highest BCUT2D eigenvalue weighted by atomic mass is 16.5. The van der Waals surface area contributed by atoms with Crippen molar-refractivity contribution in [3.63, 3.8) is 0 Å². The van der Waals surface area contributed by atoms with E-state index in [0.29, 0.717) is 0 Å². The quantitative estimate of drug-likeness (QED) is 0.272. The van der Waals surface area contributed by atoms with Crippen LogP contribution in [0.2, 0.25) is 0 Å². The summed E-state index contributed by atoms with van der Waals surface area (Å²) in [7, 11) is 0. The van der Waals surface area contributed by atoms with Gasteiger partial charge < -0.3 is 0 Å². The Balaban J connectivity index is 2.95. The Morgan fingerprint density at radius 2 is 2.11 bits per heavy atom. The fourth-order valence-corrected chi connectivity index (χ4v) is 0.575. The summed E-state index contributed by atoms with van der Waals surface area (Å²) in [6.07, 6.45) is 1.09. The van der Waals surface area contributed by atoms with Gasteiger partial charge in [0.1, 0.15) is 5.06 Å². The molecule has 0 spiro atoms. The van der Waals surface area contributed by atoms with Gasteiger partial charge in [-0.1, -0.05) is 0 Å². The van der Waals surface area contributed by atoms with Gasteiger partial charge in [-0.15, -0.1) is 5.21 Å². The van der Waals surface area contributed by atoms with Gasteiger partial charge in [-0.2, -0.15) is 0 Å². The number of nitrogens with zero attached hydrogens (tertiary/aromatic N) is 1. The summed E-state index contributed by atoms with van der Waals surface area (Å²) in [6, 6.07) is 0. The summed E-state index contributed by atoms with van der Waals surface area (Å²) in [6.45, 7) is 1.47. The van der Waals surface area contributed by atoms with Crippen LogP contribution in [-0.4, -0.2) is 17.0 Å². The van der Waals surface area contributed by atoms with Gasteiger partial charge in [-0.25, -0.2) is 9.59 Å². The maximum absolute atomic E-state index is 10.5. The number of hydrogen-bond acceptors (Lipinski definition) is 3. The number of amides is 2. The summed E-state index contributed by atoms with van der Waals surface area (Å²) in [5.74, 6) is -1.31. The van der Waals surface area contributed by atoms with Crippen LogP contribution in [0, 0.1) is 0 Å². The van der Waals surface area contributed by atoms with E-state index in [1.807, 2.05) is 0 Å². The average Bonchev–Trinajstić information content (AvgIpc) is 1.98. The molecule has 1 N–H and O–H groups in total. The first kappa shape index (κ1) is 6.12. The minimum Gasteiger partial charge on any atom is -0.216 e. The van der Waals surface area contributed by atoms with E-state index in [2.05, 4.69) is 0 Å². The van der Waals surface area contributed by atoms with Crippen molar-refractivity contribution in [2.24, 2.45) is 0 Å². The zero-order chi connectivity index (χ0) is 7.02. The lowest BCUT2D eigenvalue weighted by atomic mass is 10.3. The lowest BCUT2D eigenvalue weighted by molar-refractivity contribution is -0.150. The van der Waals surface area contributed by atoms with E-state index in [9.17, 15) is 9.59 Å². The second-order valence-electron chi connectivity index (χ2n) is 1.78. The molecule has 1 heterocycles. The molecule has 1 aliphatic rings. The van der Waals surface area contributed by atoms with E-state index < -0.39 is 11.8 Å². The Labute approximate surface area is 51.3 Å². The van der Waals surface area contributed by atoms with Crippen LogP contribution < -0.4 is 5.06 Å². The maximum Gasteiger partial charge on any atom is 0.434 e. The van der Waals surface area contributed by atoms with Crippen LogP contribution in [-0.2, 0) is 9.59 Å². The minimum atomic E-state index is -0.669. The third kappa shape index (κ3) is 0.778. The molecule has 0 aromatic heterocycles. The molecule has 0 bridgehead atoms. The summed E-state index contributed by atoms with van der Waals surface area (Å²) >= 11 is 0. The normalized spacial score (nSPS) is 20.9. The standard InChI is InChI=1S/C5H5NO3/c1-3-2-4(7)6(9)5(3)8/h2,9H,1H3/q+1. The monoisotopic (exact) mass is 127 g/mol. The van der Waals surface area contributed by atoms with Crippen molar-refractivity contribution in [3.8, 4) is 0 Å². The summed E-state index contributed by atoms with van der Waals surface area (Å²) in [5.41, 5.74) is 0.266. The van der Waals surface area contributed by atoms with E-state index in [-0.39, 0.29) is 10.6 Å². The summed E-state index contributed by atoms with van der Waals surface area (Å²) < 4.78 is 0. The van der Waals surface area contributed by atoms with Crippen molar-refractivity contribution >= 4 is 11.8 Å². The molecule has 0 aromatic rings. The summed E-state index contributed by atoms with van der Waals surface area (Å²) in [5, 5.41) is 8.61. The molecule has 0 unspecified atom stereocenters. The van der Waals surface area contributed by atoms with Gasteiger partial charge in [0.2, 0.25) is 0 Å². The van der Waals surface area contributed by atoms with Gasteiger partial charge in [-0.3, -0.25) is 0 Å². The van der Waals surface area contributed by atoms with Crippen molar-refractivity contribution in [3.05, 3.63) is 11.6 Å². The molecule has 0 aliphatic carbocycles. The first-order valence-electron chi connectivity index (χ1n) is 2.38. The highest BCUT2D eigenvalue weighted by molar-refractivity contribution is 6.17. The number of hydroxylamine groups is 2. The fraction of sp³-hybridized carbons (Fsp3) is 0.200. The molecule has 0 saturated carbocycles. The van der Waals surface area contributed by atoms with Gasteiger partial charge in [0, 0.05) is 0 Å². The molecule has 2 amide bonds. The molecular weight excluding hydrogens is 122 g/mol. The van der Waals surface area contributed by atoms with Gasteiger partial charge in [0.15, 0.2) is 0 Å². The van der Waals surface area contributed by atoms with Gasteiger partial charge in [-0.05, 0) is 6.92 Å². The zero-order valence-electron chi connectivity index (χ0n) is 4.79. The van der Waals surface area contributed by atoms with E-state index in [1.54, 1.807) is 0 Å². The highest BCUT2D eigenvalue weighted by Gasteiger charge is 2.41. The van der Waals surface area contributed by atoms with Crippen molar-refractivity contribution in [2.45, 2.75) is 6.92 Å². The van der Waals surface area contributed by atoms with Gasteiger partial charge >= 0.3 is 11.8 Å². The Kier molecular flexibility index (Phi) is 1.19. The van der Waals surface area contributed by atoms with Gasteiger partial charge in [0.25, 0.3) is 0 Å². The highest BCUT2D eigenvalue weighted by Crippen LogP contribution is 2.05. The Morgan fingerprint density at radius 3 is 2.22 bits per heavy atom. The average molecular weight is 127 g/mol. The van der Waals surface area contributed by atoms with Crippen LogP contribution in [0.1, 0.15) is 6.92 Å². The number of hydrogen-bond donors (Lipinski definition) is 1. The Bertz CT molecular complexity index is 206. The third-order valence-electron chi connectivity index (χ3n) is 1.08. The molecule has 47 valence electrons. The predicted octanol–water partition coefficient (Wildman–Crippen LogP) is -0.471. The lowest BCUT2D eigenvalue weighted by Crippen LogP contribution is -2.32. The molecule has 0 fully saturated rings. The largest absolute Gasteiger partial charge is 0.434 e. The van der Waals surface area contributed by atoms with Crippen LogP contribution in [0.4, 0.5) is 0 Å². The molecule has 1 radical (unpaired) electrons. The topological polar surface area (TPSA) is 60.3 Å². The molecule has 1 aliphatic heterocycles. The molecule has 4 nitrogen and oxygen atoms in total. The van der Waals surface area contributed by atoms with E-state index in [1.165, 1.54) is 6.92 Å². The number of rotatable bonds is 0. The van der Waals surface area contributed by atoms with E-state index >= 15 is 0 Å². The molecule has 0 aromatic carbocycles. The third-order valence-corrected chi connectivity index (χ3v) is 1.08. The van der Waals surface area contributed by atoms with Crippen molar-refractivity contribution in [1.82, 2.24) is 5.06 Å². The van der Waals surface area contributed by atoms with E-state index in [0.717, 1.165) is 6.08 Å². The van der Waals surface area contributed by atoms with Gasteiger partial charge in [0.05, 0.1) is 11.6 Å². The summed E-state index contributed by atoms with van der Waals surface area (Å²) in [4.78, 5) is 20.9. The predicted molar refractivity (Wildman–Crippen MR) is 27.7 cm³/mol. The molecular formula is C5H5NO3+. The Morgan fingerprint density at radius 1 is 1.56 bits per heavy atom. The first-order chi connectivity index (χ1) is 4.13. The zero-order valence-corrected chi connectivity index (χ0v) is 4.79. The first-order valence-corrected chi connectivity index (χ1v) is 2.38. The Hall–Kier alpha value is -1.00. The smallest absolute Gasteiger partial charge is 0.216 e. The van der Waals surface area contributed by atoms with Crippen molar-refractivity contribution < 1.29 is 14.8 Å². The van der Waals surface area contributed by atoms with Crippen LogP contribution in [0.5, 0.6) is 0 Å². The number of imide groups is 1. The van der Waals surface area contributed by atoms with Crippen molar-refractivity contribution in [2.75, 3.05) is 0 Å². The maximum atomic E-state index is 10.5. The van der Waals surface area contributed by atoms with Crippen LogP contribution in [0.15, 0.2) is 11.6 Å². The van der Waals surface area contributed by atoms with Crippen molar-refractivity contribution in [1.29, 1.82) is 0 Å². The second kappa shape index (κ2) is 1.75. The molecule has 0 saturated heterocycles.